The SMILES string of the molecule is CCOc1cccc(CNC(=O)N(C)CCC(=O)O)c1. The topological polar surface area (TPSA) is 78.9 Å². The highest BCUT2D eigenvalue weighted by molar-refractivity contribution is 5.75. The van der Waals surface area contributed by atoms with Crippen molar-refractivity contribution < 1.29 is 19.4 Å². The maximum absolute atomic E-state index is 11.7. The van der Waals surface area contributed by atoms with Crippen molar-refractivity contribution in [2.24, 2.45) is 0 Å². The first-order valence-corrected chi connectivity index (χ1v) is 6.45. The van der Waals surface area contributed by atoms with Crippen molar-refractivity contribution in [3.63, 3.8) is 0 Å². The van der Waals surface area contributed by atoms with E-state index < -0.39 is 5.97 Å². The van der Waals surface area contributed by atoms with E-state index in [1.165, 1.54) is 4.90 Å². The zero-order valence-corrected chi connectivity index (χ0v) is 11.8. The van der Waals surface area contributed by atoms with E-state index in [0.717, 1.165) is 11.3 Å². The molecule has 110 valence electrons. The van der Waals surface area contributed by atoms with Crippen LogP contribution in [0.4, 0.5) is 4.79 Å². The fourth-order valence-corrected chi connectivity index (χ4v) is 1.59. The van der Waals surface area contributed by atoms with Crippen LogP contribution in [0.5, 0.6) is 5.75 Å². The number of ether oxygens (including phenoxy) is 1. The number of hydrogen-bond donors (Lipinski definition) is 2. The molecule has 6 nitrogen and oxygen atoms in total. The van der Waals surface area contributed by atoms with Crippen molar-refractivity contribution in [1.29, 1.82) is 0 Å². The fraction of sp³-hybridized carbons (Fsp3) is 0.429. The molecule has 0 bridgehead atoms. The van der Waals surface area contributed by atoms with E-state index in [1.807, 2.05) is 31.2 Å². The highest BCUT2D eigenvalue weighted by Crippen LogP contribution is 2.13. The molecule has 2 N–H and O–H groups in total. The molecular weight excluding hydrogens is 260 g/mol. The molecule has 0 aliphatic heterocycles. The summed E-state index contributed by atoms with van der Waals surface area (Å²) in [6, 6.07) is 7.17. The second-order valence-electron chi connectivity index (χ2n) is 4.30. The van der Waals surface area contributed by atoms with Gasteiger partial charge in [0.25, 0.3) is 0 Å². The standard InChI is InChI=1S/C14H20N2O4/c1-3-20-12-6-4-5-11(9-12)10-15-14(19)16(2)8-7-13(17)18/h4-6,9H,3,7-8,10H2,1-2H3,(H,15,19)(H,17,18). The number of carboxylic acids is 1. The number of carbonyl (C=O) groups excluding carboxylic acids is 1. The Morgan fingerprint density at radius 2 is 2.15 bits per heavy atom. The molecule has 0 heterocycles. The largest absolute Gasteiger partial charge is 0.494 e. The Kier molecular flexibility index (Phi) is 6.36. The molecule has 0 radical (unpaired) electrons. The molecule has 0 atom stereocenters. The van der Waals surface area contributed by atoms with Gasteiger partial charge in [0.1, 0.15) is 5.75 Å². The zero-order valence-electron chi connectivity index (χ0n) is 11.8. The number of amides is 2. The summed E-state index contributed by atoms with van der Waals surface area (Å²) in [5, 5.41) is 11.3. The summed E-state index contributed by atoms with van der Waals surface area (Å²) in [6.45, 7) is 3.05. The Bertz CT molecular complexity index is 462. The van der Waals surface area contributed by atoms with Crippen LogP contribution in [0.25, 0.3) is 0 Å². The highest BCUT2D eigenvalue weighted by Gasteiger charge is 2.09. The summed E-state index contributed by atoms with van der Waals surface area (Å²) in [5.41, 5.74) is 0.927. The van der Waals surface area contributed by atoms with Gasteiger partial charge in [0.05, 0.1) is 13.0 Å². The lowest BCUT2D eigenvalue weighted by atomic mass is 10.2. The summed E-state index contributed by atoms with van der Waals surface area (Å²) >= 11 is 0. The van der Waals surface area contributed by atoms with Crippen molar-refractivity contribution in [1.82, 2.24) is 10.2 Å². The van der Waals surface area contributed by atoms with Gasteiger partial charge in [0.15, 0.2) is 0 Å². The van der Waals surface area contributed by atoms with Crippen molar-refractivity contribution in [3.8, 4) is 5.75 Å². The fourth-order valence-electron chi connectivity index (χ4n) is 1.59. The lowest BCUT2D eigenvalue weighted by Gasteiger charge is -2.17. The summed E-state index contributed by atoms with van der Waals surface area (Å²) in [7, 11) is 1.56. The van der Waals surface area contributed by atoms with Gasteiger partial charge in [-0.15, -0.1) is 0 Å². The molecule has 2 amide bonds. The van der Waals surface area contributed by atoms with E-state index in [-0.39, 0.29) is 19.0 Å². The van der Waals surface area contributed by atoms with Gasteiger partial charge in [-0.1, -0.05) is 12.1 Å². The van der Waals surface area contributed by atoms with Crippen LogP contribution in [-0.4, -0.2) is 42.2 Å². The minimum absolute atomic E-state index is 0.0657. The smallest absolute Gasteiger partial charge is 0.317 e. The Morgan fingerprint density at radius 3 is 2.80 bits per heavy atom. The number of benzene rings is 1. The number of nitrogens with one attached hydrogen (secondary N) is 1. The van der Waals surface area contributed by atoms with Crippen LogP contribution in [-0.2, 0) is 11.3 Å². The van der Waals surface area contributed by atoms with E-state index in [9.17, 15) is 9.59 Å². The maximum atomic E-state index is 11.7. The Morgan fingerprint density at radius 1 is 1.40 bits per heavy atom. The summed E-state index contributed by atoms with van der Waals surface area (Å²) in [6.07, 6.45) is -0.0657. The number of urea groups is 1. The Balaban J connectivity index is 2.43. The second-order valence-corrected chi connectivity index (χ2v) is 4.30. The molecule has 0 fully saturated rings. The summed E-state index contributed by atoms with van der Waals surface area (Å²) in [4.78, 5) is 23.5. The monoisotopic (exact) mass is 280 g/mol. The molecule has 1 rings (SSSR count). The van der Waals surface area contributed by atoms with Crippen molar-refractivity contribution in [2.45, 2.75) is 19.9 Å². The summed E-state index contributed by atoms with van der Waals surface area (Å²) in [5.74, 6) is -0.160. The predicted molar refractivity (Wildman–Crippen MR) is 74.7 cm³/mol. The van der Waals surface area contributed by atoms with Gasteiger partial charge in [-0.05, 0) is 24.6 Å². The van der Waals surface area contributed by atoms with Crippen molar-refractivity contribution >= 4 is 12.0 Å². The van der Waals surface area contributed by atoms with Gasteiger partial charge < -0.3 is 20.1 Å². The van der Waals surface area contributed by atoms with Gasteiger partial charge in [-0.25, -0.2) is 4.79 Å². The van der Waals surface area contributed by atoms with E-state index >= 15 is 0 Å². The van der Waals surface area contributed by atoms with Gasteiger partial charge in [-0.3, -0.25) is 4.79 Å². The average Bonchev–Trinajstić information content (AvgIpc) is 2.43. The number of carbonyl (C=O) groups is 2. The van der Waals surface area contributed by atoms with Crippen LogP contribution < -0.4 is 10.1 Å². The van der Waals surface area contributed by atoms with Crippen LogP contribution in [0, 0.1) is 0 Å². The number of rotatable bonds is 7. The van der Waals surface area contributed by atoms with Crippen LogP contribution >= 0.6 is 0 Å². The van der Waals surface area contributed by atoms with E-state index in [4.69, 9.17) is 9.84 Å². The lowest BCUT2D eigenvalue weighted by Crippen LogP contribution is -2.37. The van der Waals surface area contributed by atoms with Gasteiger partial charge >= 0.3 is 12.0 Å². The van der Waals surface area contributed by atoms with Gasteiger partial charge in [0, 0.05) is 20.1 Å². The molecule has 0 saturated carbocycles. The Hall–Kier alpha value is -2.24. The predicted octanol–water partition coefficient (Wildman–Crippen LogP) is 1.70. The van der Waals surface area contributed by atoms with Crippen LogP contribution in [0.15, 0.2) is 24.3 Å². The van der Waals surface area contributed by atoms with E-state index in [0.29, 0.717) is 13.2 Å². The van der Waals surface area contributed by atoms with Gasteiger partial charge in [-0.2, -0.15) is 0 Å². The molecule has 0 spiro atoms. The normalized spacial score (nSPS) is 9.90. The molecule has 0 aliphatic carbocycles. The molecule has 0 aromatic heterocycles. The third kappa shape index (κ3) is 5.60. The third-order valence-electron chi connectivity index (χ3n) is 2.66. The second kappa shape index (κ2) is 8.04. The first kappa shape index (κ1) is 15.8. The minimum Gasteiger partial charge on any atom is -0.494 e. The van der Waals surface area contributed by atoms with E-state index in [1.54, 1.807) is 7.05 Å². The van der Waals surface area contributed by atoms with Crippen molar-refractivity contribution in [2.75, 3.05) is 20.2 Å². The van der Waals surface area contributed by atoms with Crippen LogP contribution in [0.1, 0.15) is 18.9 Å². The maximum Gasteiger partial charge on any atom is 0.317 e. The lowest BCUT2D eigenvalue weighted by molar-refractivity contribution is -0.137. The highest BCUT2D eigenvalue weighted by atomic mass is 16.5. The number of carboxylic acid groups (broad SMARTS) is 1. The molecule has 1 aromatic rings. The number of aliphatic carboxylic acids is 1. The molecule has 20 heavy (non-hydrogen) atoms. The molecule has 0 saturated heterocycles. The quantitative estimate of drug-likeness (QED) is 0.796. The molecule has 6 heteroatoms. The molecule has 0 unspecified atom stereocenters. The average molecular weight is 280 g/mol. The minimum atomic E-state index is -0.922. The first-order chi connectivity index (χ1) is 9.52. The van der Waals surface area contributed by atoms with E-state index in [2.05, 4.69) is 5.32 Å². The molecule has 0 aliphatic rings. The zero-order chi connectivity index (χ0) is 15.0. The summed E-state index contributed by atoms with van der Waals surface area (Å²) < 4.78 is 5.38. The number of hydrogen-bond acceptors (Lipinski definition) is 3. The van der Waals surface area contributed by atoms with Crippen LogP contribution in [0.3, 0.4) is 0 Å². The first-order valence-electron chi connectivity index (χ1n) is 6.45. The Labute approximate surface area is 118 Å². The molecular formula is C14H20N2O4. The van der Waals surface area contributed by atoms with Crippen LogP contribution in [0.2, 0.25) is 0 Å². The number of nitrogens with zero attached hydrogens (tertiary/aromatic N) is 1. The van der Waals surface area contributed by atoms with Gasteiger partial charge in [0.2, 0.25) is 0 Å². The molecule has 1 aromatic carbocycles. The third-order valence-corrected chi connectivity index (χ3v) is 2.66. The van der Waals surface area contributed by atoms with Crippen molar-refractivity contribution in [3.05, 3.63) is 29.8 Å².